The number of fused-ring (bicyclic) bond motifs is 1. The lowest BCUT2D eigenvalue weighted by atomic mass is 10.1. The Bertz CT molecular complexity index is 745. The number of Topliss-reactive ketones (excluding diaryl/α,β-unsaturated/α-hetero) is 1. The van der Waals surface area contributed by atoms with Crippen LogP contribution in [0.3, 0.4) is 0 Å². The summed E-state index contributed by atoms with van der Waals surface area (Å²) in [6.07, 6.45) is 1.49. The fraction of sp³-hybridized carbons (Fsp3) is 0.133. The normalized spacial score (nSPS) is 16.0. The number of rotatable bonds is 2. The lowest BCUT2D eigenvalue weighted by Crippen LogP contribution is -2.29. The third-order valence-electron chi connectivity index (χ3n) is 3.31. The molecule has 0 spiro atoms. The van der Waals surface area contributed by atoms with Crippen LogP contribution in [0, 0.1) is 0 Å². The van der Waals surface area contributed by atoms with E-state index in [4.69, 9.17) is 0 Å². The predicted molar refractivity (Wildman–Crippen MR) is 87.4 cm³/mol. The molecule has 2 aromatic rings. The first-order chi connectivity index (χ1) is 9.93. The van der Waals surface area contributed by atoms with E-state index in [1.807, 2.05) is 30.3 Å². The van der Waals surface area contributed by atoms with Crippen LogP contribution < -0.4 is 4.90 Å². The number of amides is 1. The zero-order valence-corrected chi connectivity index (χ0v) is 14.2. The Labute approximate surface area is 138 Å². The highest BCUT2D eigenvalue weighted by molar-refractivity contribution is 9.25. The number of carbonyl (C=O) groups excluding carboxylic acids is 2. The molecule has 0 unspecified atom stereocenters. The Morgan fingerprint density at radius 1 is 1.24 bits per heavy atom. The standard InChI is InChI=1S/C15H10Br2N2O2/c1-9(20)10-7-12-13(18-8-10)19(14(21)15(12,16)17)11-5-3-2-4-6-11/h2-8H,1H3. The molecule has 4 nitrogen and oxygen atoms in total. The van der Waals surface area contributed by atoms with Gasteiger partial charge in [-0.25, -0.2) is 4.98 Å². The van der Waals surface area contributed by atoms with Crippen LogP contribution in [-0.4, -0.2) is 16.7 Å². The average molecular weight is 410 g/mol. The Morgan fingerprint density at radius 2 is 1.90 bits per heavy atom. The van der Waals surface area contributed by atoms with Crippen molar-refractivity contribution in [3.63, 3.8) is 0 Å². The Balaban J connectivity index is 2.21. The minimum atomic E-state index is -1.07. The number of anilines is 2. The van der Waals surface area contributed by atoms with Gasteiger partial charge in [-0.1, -0.05) is 50.1 Å². The molecule has 0 atom stereocenters. The number of ketones is 1. The molecule has 1 aliphatic rings. The molecule has 1 aromatic heterocycles. The molecule has 0 N–H and O–H groups in total. The molecule has 0 fully saturated rings. The summed E-state index contributed by atoms with van der Waals surface area (Å²) < 4.78 is -1.07. The number of halogens is 2. The van der Waals surface area contributed by atoms with Gasteiger partial charge in [0.05, 0.1) is 5.69 Å². The zero-order valence-electron chi connectivity index (χ0n) is 11.0. The number of carbonyl (C=O) groups is 2. The Hall–Kier alpha value is -1.53. The van der Waals surface area contributed by atoms with Crippen LogP contribution in [0.4, 0.5) is 11.5 Å². The first-order valence-corrected chi connectivity index (χ1v) is 7.80. The maximum absolute atomic E-state index is 12.7. The first kappa shape index (κ1) is 14.4. The highest BCUT2D eigenvalue weighted by Gasteiger charge is 2.49. The summed E-state index contributed by atoms with van der Waals surface area (Å²) >= 11 is 6.80. The van der Waals surface area contributed by atoms with E-state index in [1.165, 1.54) is 18.0 Å². The van der Waals surface area contributed by atoms with Crippen LogP contribution in [0.15, 0.2) is 42.6 Å². The van der Waals surface area contributed by atoms with E-state index >= 15 is 0 Å². The van der Waals surface area contributed by atoms with Crippen LogP contribution in [0.2, 0.25) is 0 Å². The summed E-state index contributed by atoms with van der Waals surface area (Å²) in [5.74, 6) is 0.230. The number of benzene rings is 1. The van der Waals surface area contributed by atoms with Gasteiger partial charge in [-0.3, -0.25) is 14.5 Å². The van der Waals surface area contributed by atoms with E-state index < -0.39 is 3.23 Å². The SMILES string of the molecule is CC(=O)c1cnc2c(c1)C(Br)(Br)C(=O)N2c1ccccc1. The lowest BCUT2D eigenvalue weighted by Gasteiger charge is -2.17. The van der Waals surface area contributed by atoms with Crippen molar-refractivity contribution in [2.24, 2.45) is 0 Å². The second kappa shape index (κ2) is 5.03. The number of alkyl halides is 2. The molecule has 1 aliphatic heterocycles. The van der Waals surface area contributed by atoms with Crippen molar-refractivity contribution in [1.29, 1.82) is 0 Å². The number of aromatic nitrogens is 1. The fourth-order valence-electron chi connectivity index (χ4n) is 2.23. The number of hydrogen-bond acceptors (Lipinski definition) is 3. The van der Waals surface area contributed by atoms with Crippen LogP contribution in [-0.2, 0) is 8.03 Å². The topological polar surface area (TPSA) is 50.3 Å². The van der Waals surface area contributed by atoms with E-state index in [0.717, 1.165) is 5.69 Å². The zero-order chi connectivity index (χ0) is 15.2. The summed E-state index contributed by atoms with van der Waals surface area (Å²) in [4.78, 5) is 30.0. The Morgan fingerprint density at radius 3 is 2.52 bits per heavy atom. The molecule has 6 heteroatoms. The number of nitrogens with zero attached hydrogens (tertiary/aromatic N) is 2. The van der Waals surface area contributed by atoms with Gasteiger partial charge in [0.15, 0.2) is 9.02 Å². The molecule has 0 bridgehead atoms. The average Bonchev–Trinajstić information content (AvgIpc) is 2.67. The minimum Gasteiger partial charge on any atom is -0.294 e. The highest BCUT2D eigenvalue weighted by Crippen LogP contribution is 2.52. The summed E-state index contributed by atoms with van der Waals surface area (Å²) in [7, 11) is 0. The molecule has 1 amide bonds. The molecule has 0 aliphatic carbocycles. The van der Waals surface area contributed by atoms with Crippen LogP contribution >= 0.6 is 31.9 Å². The molecular weight excluding hydrogens is 400 g/mol. The smallest absolute Gasteiger partial charge is 0.265 e. The van der Waals surface area contributed by atoms with E-state index in [2.05, 4.69) is 36.8 Å². The summed E-state index contributed by atoms with van der Waals surface area (Å²) in [5.41, 5.74) is 1.83. The molecule has 0 saturated heterocycles. The molecule has 3 rings (SSSR count). The van der Waals surface area contributed by atoms with Crippen molar-refractivity contribution in [2.45, 2.75) is 10.2 Å². The van der Waals surface area contributed by atoms with Gasteiger partial charge in [-0.05, 0) is 25.1 Å². The van der Waals surface area contributed by atoms with Gasteiger partial charge >= 0.3 is 0 Å². The summed E-state index contributed by atoms with van der Waals surface area (Å²) in [6, 6.07) is 11.0. The molecule has 1 aromatic carbocycles. The second-order valence-electron chi connectivity index (χ2n) is 4.70. The second-order valence-corrected chi connectivity index (χ2v) is 8.14. The third kappa shape index (κ3) is 2.22. The predicted octanol–water partition coefficient (Wildman–Crippen LogP) is 3.91. The van der Waals surface area contributed by atoms with Crippen molar-refractivity contribution >= 4 is 55.1 Å². The quantitative estimate of drug-likeness (QED) is 0.558. The molecular formula is C15H10Br2N2O2. The van der Waals surface area contributed by atoms with Crippen molar-refractivity contribution in [2.75, 3.05) is 4.90 Å². The van der Waals surface area contributed by atoms with Crippen LogP contribution in [0.25, 0.3) is 0 Å². The largest absolute Gasteiger partial charge is 0.294 e. The molecule has 2 heterocycles. The van der Waals surface area contributed by atoms with Crippen molar-refractivity contribution < 1.29 is 9.59 Å². The van der Waals surface area contributed by atoms with Crippen LogP contribution in [0.5, 0.6) is 0 Å². The Kier molecular flexibility index (Phi) is 3.45. The number of para-hydroxylation sites is 1. The van der Waals surface area contributed by atoms with Crippen molar-refractivity contribution in [3.05, 3.63) is 53.7 Å². The number of pyridine rings is 1. The maximum atomic E-state index is 12.7. The van der Waals surface area contributed by atoms with E-state index in [-0.39, 0.29) is 11.7 Å². The van der Waals surface area contributed by atoms with Crippen molar-refractivity contribution in [1.82, 2.24) is 4.98 Å². The summed E-state index contributed by atoms with van der Waals surface area (Å²) in [5, 5.41) is 0. The van der Waals surface area contributed by atoms with E-state index in [1.54, 1.807) is 6.07 Å². The highest BCUT2D eigenvalue weighted by atomic mass is 79.9. The molecule has 21 heavy (non-hydrogen) atoms. The van der Waals surface area contributed by atoms with Gasteiger partial charge in [0.1, 0.15) is 5.82 Å². The number of hydrogen-bond donors (Lipinski definition) is 0. The molecule has 106 valence electrons. The minimum absolute atomic E-state index is 0.0910. The van der Waals surface area contributed by atoms with Gasteiger partial charge in [-0.2, -0.15) is 0 Å². The molecule has 0 radical (unpaired) electrons. The van der Waals surface area contributed by atoms with Gasteiger partial charge in [0, 0.05) is 17.3 Å². The van der Waals surface area contributed by atoms with Gasteiger partial charge in [0.25, 0.3) is 5.91 Å². The van der Waals surface area contributed by atoms with E-state index in [9.17, 15) is 9.59 Å². The maximum Gasteiger partial charge on any atom is 0.265 e. The molecule has 0 saturated carbocycles. The summed E-state index contributed by atoms with van der Waals surface area (Å²) in [6.45, 7) is 1.47. The van der Waals surface area contributed by atoms with Gasteiger partial charge in [-0.15, -0.1) is 0 Å². The van der Waals surface area contributed by atoms with Crippen LogP contribution in [0.1, 0.15) is 22.8 Å². The van der Waals surface area contributed by atoms with Gasteiger partial charge < -0.3 is 0 Å². The first-order valence-electron chi connectivity index (χ1n) is 6.22. The monoisotopic (exact) mass is 408 g/mol. The fourth-order valence-corrected chi connectivity index (χ4v) is 3.17. The van der Waals surface area contributed by atoms with Crippen molar-refractivity contribution in [3.8, 4) is 0 Å². The third-order valence-corrected chi connectivity index (χ3v) is 4.84. The van der Waals surface area contributed by atoms with E-state index in [0.29, 0.717) is 16.9 Å². The lowest BCUT2D eigenvalue weighted by molar-refractivity contribution is -0.117. The van der Waals surface area contributed by atoms with Gasteiger partial charge in [0.2, 0.25) is 0 Å².